The molecule has 1 aromatic heterocycles. The van der Waals surface area contributed by atoms with Gasteiger partial charge in [0.05, 0.1) is 11.0 Å². The Morgan fingerprint density at radius 3 is 2.68 bits per heavy atom. The molecule has 0 unspecified atom stereocenters. The van der Waals surface area contributed by atoms with Crippen LogP contribution in [0.3, 0.4) is 0 Å². The summed E-state index contributed by atoms with van der Waals surface area (Å²) in [5, 5.41) is 0. The number of anilines is 1. The second-order valence-corrected chi connectivity index (χ2v) is 5.20. The third-order valence-corrected chi connectivity index (χ3v) is 3.94. The van der Waals surface area contributed by atoms with Crippen LogP contribution in [0, 0.1) is 0 Å². The van der Waals surface area contributed by atoms with Crippen LogP contribution in [0.1, 0.15) is 48.5 Å². The lowest BCUT2D eigenvalue weighted by Gasteiger charge is -2.24. The number of carbonyl (C=O) groups excluding carboxylic acids is 1. The SMILES string of the molecule is NC(=O)c1ccc2c(c1)nc(N)n2C1CCCCC1. The van der Waals surface area contributed by atoms with Crippen molar-refractivity contribution in [3.05, 3.63) is 23.8 Å². The lowest BCUT2D eigenvalue weighted by Crippen LogP contribution is -2.15. The highest BCUT2D eigenvalue weighted by molar-refractivity contribution is 5.96. The van der Waals surface area contributed by atoms with Crippen molar-refractivity contribution >= 4 is 22.9 Å². The van der Waals surface area contributed by atoms with E-state index in [1.807, 2.05) is 6.07 Å². The monoisotopic (exact) mass is 258 g/mol. The molecule has 3 rings (SSSR count). The quantitative estimate of drug-likeness (QED) is 0.865. The van der Waals surface area contributed by atoms with Crippen LogP contribution in [0.15, 0.2) is 18.2 Å². The summed E-state index contributed by atoms with van der Waals surface area (Å²) < 4.78 is 2.11. The van der Waals surface area contributed by atoms with E-state index in [9.17, 15) is 4.79 Å². The molecule has 1 heterocycles. The minimum atomic E-state index is -0.437. The average molecular weight is 258 g/mol. The summed E-state index contributed by atoms with van der Waals surface area (Å²) >= 11 is 0. The highest BCUT2D eigenvalue weighted by atomic mass is 16.1. The number of fused-ring (bicyclic) bond motifs is 1. The molecule has 5 nitrogen and oxygen atoms in total. The maximum absolute atomic E-state index is 11.2. The Hall–Kier alpha value is -2.04. The molecular formula is C14H18N4O. The molecule has 1 aliphatic rings. The number of nitrogens with two attached hydrogens (primary N) is 2. The Labute approximate surface area is 111 Å². The first-order chi connectivity index (χ1) is 9.16. The van der Waals surface area contributed by atoms with Gasteiger partial charge in [0, 0.05) is 11.6 Å². The second kappa shape index (κ2) is 4.57. The van der Waals surface area contributed by atoms with Crippen LogP contribution in [0.4, 0.5) is 5.95 Å². The Morgan fingerprint density at radius 2 is 2.00 bits per heavy atom. The van der Waals surface area contributed by atoms with E-state index >= 15 is 0 Å². The molecule has 0 radical (unpaired) electrons. The average Bonchev–Trinajstić information content (AvgIpc) is 2.74. The van der Waals surface area contributed by atoms with Crippen LogP contribution in [-0.4, -0.2) is 15.5 Å². The van der Waals surface area contributed by atoms with Crippen LogP contribution in [0.25, 0.3) is 11.0 Å². The first-order valence-electron chi connectivity index (χ1n) is 6.74. The highest BCUT2D eigenvalue weighted by Gasteiger charge is 2.20. The number of amides is 1. The molecule has 1 aliphatic carbocycles. The van der Waals surface area contributed by atoms with Crippen LogP contribution >= 0.6 is 0 Å². The van der Waals surface area contributed by atoms with E-state index in [2.05, 4.69) is 9.55 Å². The number of hydrogen-bond acceptors (Lipinski definition) is 3. The van der Waals surface area contributed by atoms with Crippen molar-refractivity contribution in [2.24, 2.45) is 5.73 Å². The third-order valence-electron chi connectivity index (χ3n) is 3.94. The van der Waals surface area contributed by atoms with Gasteiger partial charge in [-0.1, -0.05) is 19.3 Å². The Balaban J connectivity index is 2.09. The summed E-state index contributed by atoms with van der Waals surface area (Å²) in [6.45, 7) is 0. The number of nitrogen functional groups attached to an aromatic ring is 1. The summed E-state index contributed by atoms with van der Waals surface area (Å²) in [7, 11) is 0. The Bertz CT molecular complexity index is 626. The standard InChI is InChI=1S/C14H18N4O/c15-13(19)9-6-7-12-11(8-9)17-14(16)18(12)10-4-2-1-3-5-10/h6-8,10H,1-5H2,(H2,15,19)(H2,16,17). The van der Waals surface area contributed by atoms with Gasteiger partial charge in [0.1, 0.15) is 0 Å². The number of benzene rings is 1. The predicted molar refractivity (Wildman–Crippen MR) is 74.8 cm³/mol. The molecule has 1 amide bonds. The predicted octanol–water partition coefficient (Wildman–Crippen LogP) is 2.22. The second-order valence-electron chi connectivity index (χ2n) is 5.20. The van der Waals surface area contributed by atoms with Crippen LogP contribution in [0.5, 0.6) is 0 Å². The van der Waals surface area contributed by atoms with Crippen LogP contribution in [0.2, 0.25) is 0 Å². The van der Waals surface area contributed by atoms with Crippen LogP contribution in [-0.2, 0) is 0 Å². The number of carbonyl (C=O) groups is 1. The van der Waals surface area contributed by atoms with Crippen molar-refractivity contribution in [2.45, 2.75) is 38.1 Å². The van der Waals surface area contributed by atoms with Crippen molar-refractivity contribution in [3.8, 4) is 0 Å². The van der Waals surface area contributed by atoms with Crippen molar-refractivity contribution in [1.29, 1.82) is 0 Å². The van der Waals surface area contributed by atoms with Gasteiger partial charge in [-0.15, -0.1) is 0 Å². The normalized spacial score (nSPS) is 16.8. The van der Waals surface area contributed by atoms with Crippen molar-refractivity contribution in [3.63, 3.8) is 0 Å². The van der Waals surface area contributed by atoms with E-state index < -0.39 is 5.91 Å². The zero-order valence-electron chi connectivity index (χ0n) is 10.8. The number of aromatic nitrogens is 2. The van der Waals surface area contributed by atoms with E-state index in [0.717, 1.165) is 23.9 Å². The number of primary amides is 1. The molecule has 100 valence electrons. The molecule has 0 saturated heterocycles. The van der Waals surface area contributed by atoms with Gasteiger partial charge in [0.25, 0.3) is 0 Å². The molecule has 0 aliphatic heterocycles. The number of imidazole rings is 1. The maximum atomic E-state index is 11.2. The van der Waals surface area contributed by atoms with Gasteiger partial charge in [0.15, 0.2) is 0 Å². The first kappa shape index (κ1) is 12.0. The fourth-order valence-corrected chi connectivity index (χ4v) is 2.99. The number of nitrogens with zero attached hydrogens (tertiary/aromatic N) is 2. The van der Waals surface area contributed by atoms with Gasteiger partial charge in [-0.3, -0.25) is 4.79 Å². The first-order valence-corrected chi connectivity index (χ1v) is 6.74. The fourth-order valence-electron chi connectivity index (χ4n) is 2.99. The minimum absolute atomic E-state index is 0.429. The lowest BCUT2D eigenvalue weighted by molar-refractivity contribution is 0.100. The zero-order chi connectivity index (χ0) is 13.4. The van der Waals surface area contributed by atoms with Gasteiger partial charge in [-0.25, -0.2) is 4.98 Å². The molecule has 4 N–H and O–H groups in total. The van der Waals surface area contributed by atoms with E-state index in [4.69, 9.17) is 11.5 Å². The van der Waals surface area contributed by atoms with E-state index in [-0.39, 0.29) is 0 Å². The summed E-state index contributed by atoms with van der Waals surface area (Å²) in [4.78, 5) is 15.6. The topological polar surface area (TPSA) is 86.9 Å². The van der Waals surface area contributed by atoms with Gasteiger partial charge >= 0.3 is 0 Å². The zero-order valence-corrected chi connectivity index (χ0v) is 10.8. The molecule has 0 spiro atoms. The number of rotatable bonds is 2. The molecule has 19 heavy (non-hydrogen) atoms. The maximum Gasteiger partial charge on any atom is 0.248 e. The molecule has 5 heteroatoms. The molecule has 0 bridgehead atoms. The summed E-state index contributed by atoms with van der Waals surface area (Å²) in [5.41, 5.74) is 13.6. The van der Waals surface area contributed by atoms with E-state index in [1.165, 1.54) is 19.3 Å². The van der Waals surface area contributed by atoms with E-state index in [1.54, 1.807) is 12.1 Å². The van der Waals surface area contributed by atoms with Crippen molar-refractivity contribution < 1.29 is 4.79 Å². The third kappa shape index (κ3) is 2.05. The van der Waals surface area contributed by atoms with Gasteiger partial charge < -0.3 is 16.0 Å². The highest BCUT2D eigenvalue weighted by Crippen LogP contribution is 2.33. The summed E-state index contributed by atoms with van der Waals surface area (Å²) in [6, 6.07) is 5.78. The number of hydrogen-bond donors (Lipinski definition) is 2. The molecule has 0 atom stereocenters. The Morgan fingerprint density at radius 1 is 1.26 bits per heavy atom. The largest absolute Gasteiger partial charge is 0.369 e. The molecule has 2 aromatic rings. The molecular weight excluding hydrogens is 240 g/mol. The van der Waals surface area contributed by atoms with E-state index in [0.29, 0.717) is 17.6 Å². The Kier molecular flexibility index (Phi) is 2.89. The minimum Gasteiger partial charge on any atom is -0.369 e. The molecule has 1 aromatic carbocycles. The lowest BCUT2D eigenvalue weighted by atomic mass is 9.95. The molecule has 1 fully saturated rings. The van der Waals surface area contributed by atoms with Gasteiger partial charge in [-0.2, -0.15) is 0 Å². The van der Waals surface area contributed by atoms with Gasteiger partial charge in [-0.05, 0) is 31.0 Å². The summed E-state index contributed by atoms with van der Waals surface area (Å²) in [6.07, 6.45) is 6.07. The van der Waals surface area contributed by atoms with Crippen molar-refractivity contribution in [1.82, 2.24) is 9.55 Å². The molecule has 1 saturated carbocycles. The smallest absolute Gasteiger partial charge is 0.248 e. The fraction of sp³-hybridized carbons (Fsp3) is 0.429. The summed E-state index contributed by atoms with van der Waals surface area (Å²) in [5.74, 6) is 0.0937. The van der Waals surface area contributed by atoms with Gasteiger partial charge in [0.2, 0.25) is 11.9 Å². The van der Waals surface area contributed by atoms with Crippen molar-refractivity contribution in [2.75, 3.05) is 5.73 Å². The van der Waals surface area contributed by atoms with Crippen LogP contribution < -0.4 is 11.5 Å².